The van der Waals surface area contributed by atoms with Gasteiger partial charge in [0.15, 0.2) is 11.5 Å². The van der Waals surface area contributed by atoms with Gasteiger partial charge in [0.1, 0.15) is 4.33 Å². The van der Waals surface area contributed by atoms with Crippen molar-refractivity contribution in [2.75, 3.05) is 19.7 Å². The summed E-state index contributed by atoms with van der Waals surface area (Å²) in [4.78, 5) is 2.12. The molecule has 1 saturated heterocycles. The molecule has 3 rings (SSSR count). The van der Waals surface area contributed by atoms with E-state index in [1.807, 2.05) is 0 Å². The number of likely N-dealkylation sites (tertiary alicyclic amines) is 1. The Labute approximate surface area is 163 Å². The Balaban J connectivity index is 1.64. The molecule has 1 aromatic rings. The summed E-state index contributed by atoms with van der Waals surface area (Å²) >= 11 is 23.6. The first-order chi connectivity index (χ1) is 11.5. The first-order valence-electron chi connectivity index (χ1n) is 8.22. The molecular formula is C17H20Cl3NO2S. The Morgan fingerprint density at radius 2 is 1.83 bits per heavy atom. The van der Waals surface area contributed by atoms with Crippen molar-refractivity contribution < 1.29 is 9.47 Å². The molecule has 0 spiro atoms. The molecule has 1 heterocycles. The van der Waals surface area contributed by atoms with Crippen LogP contribution in [0.5, 0.6) is 11.5 Å². The number of thiocarbonyl (C=S) groups is 1. The second kappa shape index (κ2) is 7.86. The number of ether oxygens (including phenoxy) is 2. The van der Waals surface area contributed by atoms with Crippen LogP contribution in [0.1, 0.15) is 32.1 Å². The van der Waals surface area contributed by atoms with E-state index in [0.29, 0.717) is 28.3 Å². The van der Waals surface area contributed by atoms with E-state index in [4.69, 9.17) is 56.5 Å². The Morgan fingerprint density at radius 3 is 2.46 bits per heavy atom. The van der Waals surface area contributed by atoms with E-state index in [9.17, 15) is 0 Å². The van der Waals surface area contributed by atoms with E-state index in [0.717, 1.165) is 32.4 Å². The Hall–Kier alpha value is -0.420. The van der Waals surface area contributed by atoms with E-state index in [-0.39, 0.29) is 5.92 Å². The fourth-order valence-electron chi connectivity index (χ4n) is 2.73. The Morgan fingerprint density at radius 1 is 1.17 bits per heavy atom. The van der Waals surface area contributed by atoms with Gasteiger partial charge in [-0.05, 0) is 43.6 Å². The second-order valence-electron chi connectivity index (χ2n) is 6.33. The van der Waals surface area contributed by atoms with Crippen LogP contribution in [-0.4, -0.2) is 34.1 Å². The molecule has 0 aromatic heterocycles. The molecule has 1 unspecified atom stereocenters. The highest BCUT2D eigenvalue weighted by molar-refractivity contribution is 7.80. The van der Waals surface area contributed by atoms with Crippen molar-refractivity contribution in [3.63, 3.8) is 0 Å². The number of hydrogen-bond donors (Lipinski definition) is 0. The Bertz CT molecular complexity index is 603. The van der Waals surface area contributed by atoms with Crippen molar-refractivity contribution in [3.8, 4) is 11.5 Å². The fourth-order valence-corrected chi connectivity index (χ4v) is 3.66. The van der Waals surface area contributed by atoms with Crippen molar-refractivity contribution >= 4 is 52.2 Å². The van der Waals surface area contributed by atoms with Crippen molar-refractivity contribution in [1.82, 2.24) is 4.90 Å². The number of hydrogen-bond acceptors (Lipinski definition) is 3. The highest BCUT2D eigenvalue weighted by Gasteiger charge is 2.52. The average molecular weight is 409 g/mol. The molecule has 0 radical (unpaired) electrons. The van der Waals surface area contributed by atoms with E-state index in [2.05, 4.69) is 4.90 Å². The molecule has 7 heteroatoms. The summed E-state index contributed by atoms with van der Waals surface area (Å²) in [5.74, 6) is 1.27. The van der Waals surface area contributed by atoms with Crippen LogP contribution in [0.4, 0.5) is 0 Å². The monoisotopic (exact) mass is 407 g/mol. The molecule has 24 heavy (non-hydrogen) atoms. The summed E-state index contributed by atoms with van der Waals surface area (Å²) in [6.45, 7) is 2.30. The van der Waals surface area contributed by atoms with Gasteiger partial charge in [0, 0.05) is 30.1 Å². The minimum absolute atomic E-state index is 0.130. The van der Waals surface area contributed by atoms with Crippen molar-refractivity contribution in [3.05, 3.63) is 23.2 Å². The summed E-state index contributed by atoms with van der Waals surface area (Å²) in [5.41, 5.74) is 0. The van der Waals surface area contributed by atoms with Gasteiger partial charge in [-0.3, -0.25) is 0 Å². The molecule has 1 aliphatic carbocycles. The zero-order valence-electron chi connectivity index (χ0n) is 13.3. The lowest BCUT2D eigenvalue weighted by Crippen LogP contribution is -2.34. The summed E-state index contributed by atoms with van der Waals surface area (Å²) < 4.78 is 11.1. The van der Waals surface area contributed by atoms with Gasteiger partial charge in [-0.1, -0.05) is 24.4 Å². The number of benzene rings is 1. The predicted molar refractivity (Wildman–Crippen MR) is 103 cm³/mol. The molecule has 2 aliphatic rings. The topological polar surface area (TPSA) is 21.7 Å². The molecule has 0 N–H and O–H groups in total. The number of halogens is 3. The lowest BCUT2D eigenvalue weighted by molar-refractivity contribution is 0.283. The Kier molecular flexibility index (Phi) is 6.02. The zero-order chi connectivity index (χ0) is 17.2. The molecule has 1 saturated carbocycles. The number of alkyl halides is 2. The maximum Gasteiger partial charge on any atom is 0.264 e. The third-order valence-corrected chi connectivity index (χ3v) is 5.87. The molecular weight excluding hydrogens is 389 g/mol. The molecule has 2 fully saturated rings. The van der Waals surface area contributed by atoms with Crippen LogP contribution >= 0.6 is 47.0 Å². The summed E-state index contributed by atoms with van der Waals surface area (Å²) in [6.07, 6.45) is 5.51. The second-order valence-corrected chi connectivity index (χ2v) is 8.66. The standard InChI is InChI=1S/C17H20Cl3NO2S/c18-13-5-6-14(15(9-13)22-11-12-10-17(12,19)20)23-16(24)21-7-3-1-2-4-8-21/h5-6,9,12H,1-4,7-8,10-11H2. The normalized spacial score (nSPS) is 22.6. The summed E-state index contributed by atoms with van der Waals surface area (Å²) in [5, 5.41) is 1.07. The third kappa shape index (κ3) is 4.81. The van der Waals surface area contributed by atoms with Gasteiger partial charge in [0.2, 0.25) is 0 Å². The van der Waals surface area contributed by atoms with Crippen LogP contribution in [0, 0.1) is 5.92 Å². The van der Waals surface area contributed by atoms with Gasteiger partial charge >= 0.3 is 0 Å². The number of rotatable bonds is 4. The van der Waals surface area contributed by atoms with Gasteiger partial charge < -0.3 is 14.4 Å². The molecule has 0 bridgehead atoms. The smallest absolute Gasteiger partial charge is 0.264 e. The highest BCUT2D eigenvalue weighted by Crippen LogP contribution is 2.53. The molecule has 132 valence electrons. The lowest BCUT2D eigenvalue weighted by atomic mass is 10.2. The van der Waals surface area contributed by atoms with Crippen LogP contribution in [-0.2, 0) is 0 Å². The maximum atomic E-state index is 6.08. The van der Waals surface area contributed by atoms with Gasteiger partial charge in [-0.25, -0.2) is 0 Å². The van der Waals surface area contributed by atoms with Crippen LogP contribution < -0.4 is 9.47 Å². The summed E-state index contributed by atoms with van der Waals surface area (Å²) in [7, 11) is 0. The van der Waals surface area contributed by atoms with E-state index in [1.165, 1.54) is 12.8 Å². The minimum atomic E-state index is -0.666. The van der Waals surface area contributed by atoms with Crippen LogP contribution in [0.3, 0.4) is 0 Å². The van der Waals surface area contributed by atoms with Crippen molar-refractivity contribution in [1.29, 1.82) is 0 Å². The third-order valence-electron chi connectivity index (χ3n) is 4.36. The molecule has 1 atom stereocenters. The van der Waals surface area contributed by atoms with Crippen LogP contribution in [0.2, 0.25) is 5.02 Å². The van der Waals surface area contributed by atoms with Crippen molar-refractivity contribution in [2.45, 2.75) is 36.4 Å². The van der Waals surface area contributed by atoms with E-state index < -0.39 is 4.33 Å². The number of nitrogens with zero attached hydrogens (tertiary/aromatic N) is 1. The van der Waals surface area contributed by atoms with E-state index in [1.54, 1.807) is 18.2 Å². The van der Waals surface area contributed by atoms with Gasteiger partial charge in [-0.2, -0.15) is 0 Å². The molecule has 1 aliphatic heterocycles. The van der Waals surface area contributed by atoms with E-state index >= 15 is 0 Å². The van der Waals surface area contributed by atoms with Crippen molar-refractivity contribution in [2.24, 2.45) is 5.92 Å². The van der Waals surface area contributed by atoms with Crippen LogP contribution in [0.15, 0.2) is 18.2 Å². The maximum absolute atomic E-state index is 6.08. The van der Waals surface area contributed by atoms with Crippen LogP contribution in [0.25, 0.3) is 0 Å². The molecule has 3 nitrogen and oxygen atoms in total. The molecule has 0 amide bonds. The fraction of sp³-hybridized carbons (Fsp3) is 0.588. The first kappa shape index (κ1) is 18.4. The zero-order valence-corrected chi connectivity index (χ0v) is 16.4. The van der Waals surface area contributed by atoms with Gasteiger partial charge in [-0.15, -0.1) is 23.2 Å². The van der Waals surface area contributed by atoms with Gasteiger partial charge in [0.25, 0.3) is 5.17 Å². The lowest BCUT2D eigenvalue weighted by Gasteiger charge is -2.23. The first-order valence-corrected chi connectivity index (χ1v) is 9.77. The largest absolute Gasteiger partial charge is 0.489 e. The highest BCUT2D eigenvalue weighted by atomic mass is 35.5. The van der Waals surface area contributed by atoms with Gasteiger partial charge in [0.05, 0.1) is 6.61 Å². The predicted octanol–water partition coefficient (Wildman–Crippen LogP) is 5.45. The minimum Gasteiger partial charge on any atom is -0.489 e. The average Bonchev–Trinajstić information content (AvgIpc) is 3.23. The molecule has 1 aromatic carbocycles. The summed E-state index contributed by atoms with van der Waals surface area (Å²) in [6, 6.07) is 5.27. The quantitative estimate of drug-likeness (QED) is 0.487. The SMILES string of the molecule is S=C(Oc1ccc(Cl)cc1OCC1CC1(Cl)Cl)N1CCCCCC1.